The molecule has 2 nitrogen and oxygen atoms in total. The average molecular weight is 312 g/mol. The van der Waals surface area contributed by atoms with E-state index in [-0.39, 0.29) is 16.7 Å². The molecule has 0 saturated carbocycles. The molecule has 2 atom stereocenters. The van der Waals surface area contributed by atoms with E-state index >= 15 is 0 Å². The predicted molar refractivity (Wildman–Crippen MR) is 81.3 cm³/mol. The molecule has 2 unspecified atom stereocenters. The Hall–Kier alpha value is -0.830. The van der Waals surface area contributed by atoms with E-state index in [9.17, 15) is 4.79 Å². The first-order chi connectivity index (χ1) is 8.45. The summed E-state index contributed by atoms with van der Waals surface area (Å²) in [7, 11) is 0. The van der Waals surface area contributed by atoms with Gasteiger partial charge in [0.2, 0.25) is 5.91 Å². The highest BCUT2D eigenvalue weighted by Crippen LogP contribution is 2.21. The van der Waals surface area contributed by atoms with Crippen LogP contribution >= 0.6 is 15.9 Å². The smallest absolute Gasteiger partial charge is 0.238 e. The van der Waals surface area contributed by atoms with Crippen molar-refractivity contribution in [2.45, 2.75) is 44.9 Å². The monoisotopic (exact) mass is 311 g/mol. The Morgan fingerprint density at radius 3 is 2.22 bits per heavy atom. The van der Waals surface area contributed by atoms with E-state index in [1.54, 1.807) is 0 Å². The van der Waals surface area contributed by atoms with Crippen LogP contribution in [0.4, 0.5) is 5.69 Å². The van der Waals surface area contributed by atoms with Crippen molar-refractivity contribution < 1.29 is 4.79 Å². The number of hydrogen-bond donors (Lipinski definition) is 1. The summed E-state index contributed by atoms with van der Waals surface area (Å²) in [4.78, 5) is 11.7. The second-order valence-electron chi connectivity index (χ2n) is 5.07. The fraction of sp³-hybridized carbons (Fsp3) is 0.533. The number of hydrogen-bond acceptors (Lipinski definition) is 1. The first-order valence-electron chi connectivity index (χ1n) is 6.50. The second kappa shape index (κ2) is 6.93. The van der Waals surface area contributed by atoms with Crippen molar-refractivity contribution in [3.05, 3.63) is 29.8 Å². The Labute approximate surface area is 118 Å². The summed E-state index contributed by atoms with van der Waals surface area (Å²) < 4.78 is 0. The van der Waals surface area contributed by atoms with Crippen LogP contribution in [0.5, 0.6) is 0 Å². The third-order valence-corrected chi connectivity index (χ3v) is 4.67. The maximum absolute atomic E-state index is 11.9. The van der Waals surface area contributed by atoms with Crippen LogP contribution < -0.4 is 5.32 Å². The molecule has 1 N–H and O–H groups in total. The van der Waals surface area contributed by atoms with Crippen LogP contribution in [0.2, 0.25) is 0 Å². The maximum Gasteiger partial charge on any atom is 0.238 e. The van der Waals surface area contributed by atoms with Gasteiger partial charge < -0.3 is 5.32 Å². The molecule has 1 aromatic carbocycles. The van der Waals surface area contributed by atoms with Gasteiger partial charge in [-0.3, -0.25) is 4.79 Å². The molecule has 0 fully saturated rings. The number of nitrogens with one attached hydrogen (secondary N) is 1. The Morgan fingerprint density at radius 2 is 1.78 bits per heavy atom. The Balaban J connectivity index is 2.67. The lowest BCUT2D eigenvalue weighted by Crippen LogP contribution is -2.26. The van der Waals surface area contributed by atoms with Crippen molar-refractivity contribution in [1.29, 1.82) is 0 Å². The molecular weight excluding hydrogens is 290 g/mol. The number of benzene rings is 1. The first-order valence-corrected chi connectivity index (χ1v) is 7.42. The van der Waals surface area contributed by atoms with Crippen LogP contribution in [-0.4, -0.2) is 10.7 Å². The van der Waals surface area contributed by atoms with Crippen LogP contribution in [0.1, 0.15) is 45.6 Å². The minimum atomic E-state index is -0.147. The molecule has 1 aromatic rings. The molecule has 0 aliphatic rings. The van der Waals surface area contributed by atoms with Crippen molar-refractivity contribution >= 4 is 27.5 Å². The number of anilines is 1. The van der Waals surface area contributed by atoms with Gasteiger partial charge in [-0.1, -0.05) is 55.8 Å². The summed E-state index contributed by atoms with van der Waals surface area (Å²) in [5, 5.41) is 2.92. The van der Waals surface area contributed by atoms with E-state index < -0.39 is 0 Å². The summed E-state index contributed by atoms with van der Waals surface area (Å²) in [5.41, 5.74) is 2.17. The lowest BCUT2D eigenvalue weighted by Gasteiger charge is -2.14. The Kier molecular flexibility index (Phi) is 5.86. The van der Waals surface area contributed by atoms with Gasteiger partial charge in [0, 0.05) is 5.69 Å². The van der Waals surface area contributed by atoms with E-state index in [4.69, 9.17) is 0 Å². The molecule has 0 aliphatic carbocycles. The van der Waals surface area contributed by atoms with Gasteiger partial charge in [0.25, 0.3) is 0 Å². The molecule has 0 saturated heterocycles. The summed E-state index contributed by atoms with van der Waals surface area (Å²) >= 11 is 3.40. The fourth-order valence-corrected chi connectivity index (χ4v) is 1.76. The number of rotatable bonds is 5. The fourth-order valence-electron chi connectivity index (χ4n) is 1.64. The normalized spacial score (nSPS) is 14.3. The van der Waals surface area contributed by atoms with E-state index in [1.165, 1.54) is 5.56 Å². The third kappa shape index (κ3) is 4.13. The van der Waals surface area contributed by atoms with Crippen LogP contribution in [0.25, 0.3) is 0 Å². The van der Waals surface area contributed by atoms with Crippen LogP contribution in [0, 0.1) is 5.92 Å². The van der Waals surface area contributed by atoms with Crippen LogP contribution in [-0.2, 0) is 4.79 Å². The zero-order chi connectivity index (χ0) is 13.7. The van der Waals surface area contributed by atoms with Crippen LogP contribution in [0.3, 0.4) is 0 Å². The SMILES string of the molecule is CCC(C)c1ccc(NC(=O)C(Br)C(C)C)cc1. The van der Waals surface area contributed by atoms with Crippen molar-refractivity contribution in [2.24, 2.45) is 5.92 Å². The lowest BCUT2D eigenvalue weighted by atomic mass is 9.98. The molecule has 100 valence electrons. The number of alkyl halides is 1. The first kappa shape index (κ1) is 15.2. The lowest BCUT2D eigenvalue weighted by molar-refractivity contribution is -0.116. The molecule has 0 aliphatic heterocycles. The van der Waals surface area contributed by atoms with E-state index in [2.05, 4.69) is 47.2 Å². The van der Waals surface area contributed by atoms with Gasteiger partial charge >= 0.3 is 0 Å². The average Bonchev–Trinajstić information content (AvgIpc) is 2.37. The van der Waals surface area contributed by atoms with Crippen molar-refractivity contribution in [1.82, 2.24) is 0 Å². The minimum absolute atomic E-state index is 0.0151. The molecule has 1 rings (SSSR count). The van der Waals surface area contributed by atoms with Gasteiger partial charge in [0.05, 0.1) is 4.83 Å². The van der Waals surface area contributed by atoms with Gasteiger partial charge in [-0.15, -0.1) is 0 Å². The zero-order valence-corrected chi connectivity index (χ0v) is 13.1. The van der Waals surface area contributed by atoms with E-state index in [0.29, 0.717) is 5.92 Å². The Bertz CT molecular complexity index is 386. The highest BCUT2D eigenvalue weighted by atomic mass is 79.9. The number of carbonyl (C=O) groups excluding carboxylic acids is 1. The maximum atomic E-state index is 11.9. The Morgan fingerprint density at radius 1 is 1.22 bits per heavy atom. The molecule has 0 radical (unpaired) electrons. The quantitative estimate of drug-likeness (QED) is 0.794. The largest absolute Gasteiger partial charge is 0.325 e. The van der Waals surface area contributed by atoms with Gasteiger partial charge in [-0.25, -0.2) is 0 Å². The van der Waals surface area contributed by atoms with Gasteiger partial charge in [0.1, 0.15) is 0 Å². The zero-order valence-electron chi connectivity index (χ0n) is 11.5. The van der Waals surface area contributed by atoms with Gasteiger partial charge in [-0.2, -0.15) is 0 Å². The molecular formula is C15H22BrNO. The standard InChI is InChI=1S/C15H22BrNO/c1-5-11(4)12-6-8-13(9-7-12)17-15(18)14(16)10(2)3/h6-11,14H,5H2,1-4H3,(H,17,18). The van der Waals surface area contributed by atoms with E-state index in [1.807, 2.05) is 26.0 Å². The molecule has 0 spiro atoms. The minimum Gasteiger partial charge on any atom is -0.325 e. The highest BCUT2D eigenvalue weighted by Gasteiger charge is 2.18. The summed E-state index contributed by atoms with van der Waals surface area (Å²) in [6.45, 7) is 8.43. The molecule has 18 heavy (non-hydrogen) atoms. The number of carbonyl (C=O) groups is 1. The second-order valence-corrected chi connectivity index (χ2v) is 6.05. The number of amides is 1. The topological polar surface area (TPSA) is 29.1 Å². The summed E-state index contributed by atoms with van der Waals surface area (Å²) in [5.74, 6) is 0.861. The van der Waals surface area contributed by atoms with Crippen molar-refractivity contribution in [2.75, 3.05) is 5.32 Å². The highest BCUT2D eigenvalue weighted by molar-refractivity contribution is 9.10. The molecule has 3 heteroatoms. The molecule has 0 bridgehead atoms. The van der Waals surface area contributed by atoms with Gasteiger partial charge in [0.15, 0.2) is 0 Å². The number of halogens is 1. The molecule has 1 amide bonds. The summed E-state index contributed by atoms with van der Waals surface area (Å²) in [6, 6.07) is 8.11. The van der Waals surface area contributed by atoms with Crippen LogP contribution in [0.15, 0.2) is 24.3 Å². The predicted octanol–water partition coefficient (Wildman–Crippen LogP) is 4.56. The third-order valence-electron chi connectivity index (χ3n) is 3.20. The van der Waals surface area contributed by atoms with E-state index in [0.717, 1.165) is 12.1 Å². The molecule has 0 aromatic heterocycles. The van der Waals surface area contributed by atoms with Gasteiger partial charge in [-0.05, 0) is 36.0 Å². The van der Waals surface area contributed by atoms with Crippen molar-refractivity contribution in [3.63, 3.8) is 0 Å². The molecule has 0 heterocycles. The van der Waals surface area contributed by atoms with Crippen molar-refractivity contribution in [3.8, 4) is 0 Å². The summed E-state index contributed by atoms with van der Waals surface area (Å²) in [6.07, 6.45) is 1.13.